The molecule has 2 aromatic rings. The first-order chi connectivity index (χ1) is 13.3. The van der Waals surface area contributed by atoms with Gasteiger partial charge in [0.25, 0.3) is 0 Å². The predicted molar refractivity (Wildman–Crippen MR) is 108 cm³/mol. The quantitative estimate of drug-likeness (QED) is 0.636. The number of nitrogens with one attached hydrogen (secondary N) is 4. The van der Waals surface area contributed by atoms with Crippen LogP contribution in [-0.4, -0.2) is 34.3 Å². The largest absolute Gasteiger partial charge is 0.338 e. The van der Waals surface area contributed by atoms with Crippen LogP contribution >= 0.6 is 0 Å². The zero-order valence-electron chi connectivity index (χ0n) is 16.7. The third-order valence-electron chi connectivity index (χ3n) is 4.83. The van der Waals surface area contributed by atoms with Crippen LogP contribution in [0.4, 0.5) is 10.6 Å². The maximum absolute atomic E-state index is 12.3. The number of rotatable bonds is 5. The fourth-order valence-electron chi connectivity index (χ4n) is 2.95. The Morgan fingerprint density at radius 3 is 2.61 bits per heavy atom. The highest BCUT2D eigenvalue weighted by atomic mass is 16.2. The number of nitrogens with zero attached hydrogens (tertiary/aromatic N) is 2. The molecule has 150 valence electrons. The van der Waals surface area contributed by atoms with Crippen molar-refractivity contribution in [2.45, 2.75) is 40.0 Å². The van der Waals surface area contributed by atoms with Gasteiger partial charge in [-0.3, -0.25) is 15.4 Å². The maximum atomic E-state index is 12.3. The number of aromatic nitrogens is 2. The third kappa shape index (κ3) is 4.51. The molecule has 0 spiro atoms. The van der Waals surface area contributed by atoms with Crippen molar-refractivity contribution in [1.29, 1.82) is 0 Å². The van der Waals surface area contributed by atoms with Gasteiger partial charge in [0.1, 0.15) is 5.82 Å². The molecule has 8 heteroatoms. The molecule has 1 aromatic carbocycles. The lowest BCUT2D eigenvalue weighted by Crippen LogP contribution is -2.57. The minimum atomic E-state index is -0.545. The van der Waals surface area contributed by atoms with E-state index in [1.165, 1.54) is 0 Å². The Morgan fingerprint density at radius 2 is 1.96 bits per heavy atom. The molecule has 1 aliphatic rings. The zero-order chi connectivity index (χ0) is 20.3. The highest BCUT2D eigenvalue weighted by Gasteiger charge is 2.32. The molecule has 8 nitrogen and oxygen atoms in total. The van der Waals surface area contributed by atoms with Crippen LogP contribution in [0.15, 0.2) is 36.4 Å². The minimum absolute atomic E-state index is 0.0225. The van der Waals surface area contributed by atoms with Gasteiger partial charge in [-0.15, -0.1) is 0 Å². The van der Waals surface area contributed by atoms with E-state index in [0.29, 0.717) is 24.0 Å². The molecule has 0 aliphatic carbocycles. The Labute approximate surface area is 165 Å². The summed E-state index contributed by atoms with van der Waals surface area (Å²) >= 11 is 0. The number of amides is 3. The number of benzene rings is 1. The minimum Gasteiger partial charge on any atom is -0.338 e. The van der Waals surface area contributed by atoms with Crippen LogP contribution in [0.25, 0.3) is 11.3 Å². The second-order valence-corrected chi connectivity index (χ2v) is 7.61. The van der Waals surface area contributed by atoms with E-state index < -0.39 is 6.29 Å². The van der Waals surface area contributed by atoms with Crippen molar-refractivity contribution in [3.63, 3.8) is 0 Å². The van der Waals surface area contributed by atoms with Gasteiger partial charge in [0.15, 0.2) is 6.29 Å². The Hall–Kier alpha value is -2.87. The van der Waals surface area contributed by atoms with Crippen molar-refractivity contribution in [2.75, 3.05) is 11.9 Å². The van der Waals surface area contributed by atoms with Crippen molar-refractivity contribution in [2.24, 2.45) is 11.8 Å². The van der Waals surface area contributed by atoms with Crippen LogP contribution < -0.4 is 21.3 Å². The number of carbonyl (C=O) groups is 2. The molecular weight excluding hydrogens is 356 g/mol. The summed E-state index contributed by atoms with van der Waals surface area (Å²) in [4.78, 5) is 24.6. The molecule has 0 radical (unpaired) electrons. The topological polar surface area (TPSA) is 100 Å². The van der Waals surface area contributed by atoms with Crippen molar-refractivity contribution in [3.8, 4) is 11.3 Å². The van der Waals surface area contributed by atoms with Gasteiger partial charge in [0, 0.05) is 24.2 Å². The first-order valence-electron chi connectivity index (χ1n) is 9.61. The predicted octanol–water partition coefficient (Wildman–Crippen LogP) is 2.53. The molecule has 1 aliphatic heterocycles. The lowest BCUT2D eigenvalue weighted by molar-refractivity contribution is -0.130. The Kier molecular flexibility index (Phi) is 5.99. The smallest absolute Gasteiger partial charge is 0.320 e. The molecule has 4 N–H and O–H groups in total. The highest BCUT2D eigenvalue weighted by molar-refractivity contribution is 5.89. The first kappa shape index (κ1) is 19.9. The second-order valence-electron chi connectivity index (χ2n) is 7.61. The van der Waals surface area contributed by atoms with Crippen LogP contribution in [0.1, 0.15) is 34.0 Å². The van der Waals surface area contributed by atoms with E-state index in [2.05, 4.69) is 26.4 Å². The van der Waals surface area contributed by atoms with Gasteiger partial charge < -0.3 is 10.6 Å². The molecule has 2 heterocycles. The van der Waals surface area contributed by atoms with Gasteiger partial charge in [-0.25, -0.2) is 9.48 Å². The van der Waals surface area contributed by atoms with E-state index in [4.69, 9.17) is 0 Å². The molecule has 3 rings (SSSR count). The summed E-state index contributed by atoms with van der Waals surface area (Å²) in [6, 6.07) is 11.2. The second kappa shape index (κ2) is 8.43. The Bertz CT molecular complexity index is 832. The van der Waals surface area contributed by atoms with E-state index in [9.17, 15) is 9.59 Å². The lowest BCUT2D eigenvalue weighted by atomic mass is 10.0. The molecule has 1 saturated heterocycles. The normalized spacial score (nSPS) is 22.0. The third-order valence-corrected chi connectivity index (χ3v) is 4.83. The molecule has 28 heavy (non-hydrogen) atoms. The number of hydrogen-bond acceptors (Lipinski definition) is 4. The number of anilines is 1. The van der Waals surface area contributed by atoms with Crippen LogP contribution in [0.2, 0.25) is 0 Å². The summed E-state index contributed by atoms with van der Waals surface area (Å²) < 4.78 is 1.61. The summed E-state index contributed by atoms with van der Waals surface area (Å²) in [5.41, 5.74) is 1.64. The van der Waals surface area contributed by atoms with Crippen LogP contribution in [0.5, 0.6) is 0 Å². The molecule has 1 fully saturated rings. The zero-order valence-corrected chi connectivity index (χ0v) is 16.7. The average molecular weight is 384 g/mol. The molecule has 0 saturated carbocycles. The number of carbonyl (C=O) groups excluding carboxylic acids is 2. The molecule has 3 unspecified atom stereocenters. The van der Waals surface area contributed by atoms with Crippen molar-refractivity contribution in [1.82, 2.24) is 25.7 Å². The fourth-order valence-corrected chi connectivity index (χ4v) is 2.95. The van der Waals surface area contributed by atoms with Gasteiger partial charge >= 0.3 is 6.03 Å². The summed E-state index contributed by atoms with van der Waals surface area (Å²) in [6.45, 7) is 8.46. The van der Waals surface area contributed by atoms with E-state index in [-0.39, 0.29) is 23.9 Å². The van der Waals surface area contributed by atoms with Crippen LogP contribution in [0, 0.1) is 11.8 Å². The summed E-state index contributed by atoms with van der Waals surface area (Å²) in [5.74, 6) is 0.645. The molecule has 3 amide bonds. The number of urea groups is 1. The van der Waals surface area contributed by atoms with Crippen molar-refractivity contribution < 1.29 is 9.59 Å². The lowest BCUT2D eigenvalue weighted by Gasteiger charge is -2.34. The van der Waals surface area contributed by atoms with Crippen LogP contribution in [-0.2, 0) is 4.79 Å². The highest BCUT2D eigenvalue weighted by Crippen LogP contribution is 2.25. The van der Waals surface area contributed by atoms with Crippen molar-refractivity contribution in [3.05, 3.63) is 36.4 Å². The van der Waals surface area contributed by atoms with Crippen LogP contribution in [0.3, 0.4) is 0 Å². The average Bonchev–Trinajstić information content (AvgIpc) is 3.08. The van der Waals surface area contributed by atoms with Gasteiger partial charge in [-0.05, 0) is 12.8 Å². The van der Waals surface area contributed by atoms with Crippen molar-refractivity contribution >= 4 is 17.8 Å². The summed E-state index contributed by atoms with van der Waals surface area (Å²) in [5, 5.41) is 16.6. The SMILES string of the molecule is CC(C)CNC(=O)Nc1cc(-c2ccccc2)nn1C1NC(=O)C(C)C(C)N1. The molecule has 0 bridgehead atoms. The van der Waals surface area contributed by atoms with E-state index in [0.717, 1.165) is 5.56 Å². The molecular formula is C20H28N6O2. The van der Waals surface area contributed by atoms with Gasteiger partial charge in [0.2, 0.25) is 5.91 Å². The Balaban J connectivity index is 1.89. The standard InChI is InChI=1S/C20H28N6O2/c1-12(2)11-21-20(28)23-17-10-16(15-8-6-5-7-9-15)25-26(17)19-22-14(4)13(3)18(27)24-19/h5-10,12-14,19,22H,11H2,1-4H3,(H,24,27)(H2,21,23,28). The summed E-state index contributed by atoms with van der Waals surface area (Å²) in [7, 11) is 0. The van der Waals surface area contributed by atoms with Gasteiger partial charge in [0.05, 0.1) is 11.6 Å². The fraction of sp³-hybridized carbons (Fsp3) is 0.450. The van der Waals surface area contributed by atoms with Gasteiger partial charge in [-0.2, -0.15) is 5.10 Å². The Morgan fingerprint density at radius 1 is 1.25 bits per heavy atom. The number of hydrogen-bond donors (Lipinski definition) is 4. The van der Waals surface area contributed by atoms with E-state index in [1.54, 1.807) is 10.7 Å². The molecule has 3 atom stereocenters. The molecule has 1 aromatic heterocycles. The van der Waals surface area contributed by atoms with E-state index >= 15 is 0 Å². The van der Waals surface area contributed by atoms with E-state index in [1.807, 2.05) is 58.0 Å². The maximum Gasteiger partial charge on any atom is 0.320 e. The first-order valence-corrected chi connectivity index (χ1v) is 9.61. The van der Waals surface area contributed by atoms with Gasteiger partial charge in [-0.1, -0.05) is 51.1 Å². The summed E-state index contributed by atoms with van der Waals surface area (Å²) in [6.07, 6.45) is -0.545. The monoisotopic (exact) mass is 384 g/mol.